The maximum absolute atomic E-state index is 12.9. The first-order chi connectivity index (χ1) is 21.8. The van der Waals surface area contributed by atoms with Crippen molar-refractivity contribution in [3.05, 3.63) is 12.1 Å². The molecule has 3 rings (SSSR count). The first kappa shape index (κ1) is 6.35. The van der Waals surface area contributed by atoms with Crippen LogP contribution >= 0.6 is 0 Å². The molecule has 1 aromatic heterocycles. The summed E-state index contributed by atoms with van der Waals surface area (Å²) >= 11 is 0. The van der Waals surface area contributed by atoms with Crippen molar-refractivity contribution in [2.75, 3.05) is 51.3 Å². The Labute approximate surface area is 193 Å². The molecule has 0 aliphatic carbocycles. The Bertz CT molecular complexity index is 1590. The van der Waals surface area contributed by atoms with Crippen LogP contribution in [0.15, 0.2) is 12.1 Å². The fourth-order valence-corrected chi connectivity index (χ4v) is 2.16. The molecule has 1 saturated heterocycles. The Morgan fingerprint density at radius 1 is 1.57 bits per heavy atom. The Balaban J connectivity index is 2.39. The minimum absolute atomic E-state index is 0.137. The maximum Gasteiger partial charge on any atom is 0.249 e. The third-order valence-corrected chi connectivity index (χ3v) is 3.40. The van der Waals surface area contributed by atoms with Crippen LogP contribution in [0.1, 0.15) is 43.9 Å². The average Bonchev–Trinajstić information content (AvgIpc) is 3.37. The standard InChI is InChI=1S/C19H27N5O4/c1-24(8-5-7-21-18(25)14-6-4-9-28-14)19-22-13-11-16(27-3)15(26-2)10-12(13)17(20)23-19/h10-11,14H,4-9H2,1-3H3,(H,21,25)(H2,20,22,23)/i1D3,2D3,3D3,5D2,7D2,8D2,10D,11D,14D/hD3. The van der Waals surface area contributed by atoms with Crippen LogP contribution < -0.4 is 25.4 Å². The smallest absolute Gasteiger partial charge is 0.249 e. The molecule has 0 radical (unpaired) electrons. The first-order valence-corrected chi connectivity index (χ1v) is 7.60. The molecule has 0 saturated carbocycles. The highest BCUT2D eigenvalue weighted by Crippen LogP contribution is 2.33. The van der Waals surface area contributed by atoms with E-state index in [9.17, 15) is 4.79 Å². The van der Waals surface area contributed by atoms with Crippen LogP contribution in [0.2, 0.25) is 4.24 Å². The number of nitrogens with one attached hydrogen (secondary N) is 1. The van der Waals surface area contributed by atoms with E-state index in [-0.39, 0.29) is 19.4 Å². The molecule has 28 heavy (non-hydrogen) atoms. The lowest BCUT2D eigenvalue weighted by Gasteiger charge is -2.19. The van der Waals surface area contributed by atoms with Gasteiger partial charge in [0.15, 0.2) is 15.7 Å². The van der Waals surface area contributed by atoms with E-state index in [0.717, 1.165) is 0 Å². The molecule has 9 heteroatoms. The molecule has 1 unspecified atom stereocenters. The number of hydrogen-bond acceptors (Lipinski definition) is 8. The molecule has 1 aliphatic rings. The zero-order chi connectivity index (χ0) is 38.1. The monoisotopic (exact) mass is 410 g/mol. The molecule has 0 bridgehead atoms. The SMILES string of the molecule is [2H]c1c(OC([2H])([2H])[2H])c(OC([2H])([2H])[2H])c([2H])c2c(N([2H])[2H])nc(N(C([2H])([2H])[2H])C([2H])([2H])C([2H])([2H])C([2H])([2H])N([2H])C(=O)C3([2H])CCCO3)nc12. The van der Waals surface area contributed by atoms with E-state index in [1.165, 1.54) is 0 Å². The number of aromatic nitrogens is 2. The summed E-state index contributed by atoms with van der Waals surface area (Å²) in [5.74, 6) is -6.96. The third-order valence-electron chi connectivity index (χ3n) is 3.40. The summed E-state index contributed by atoms with van der Waals surface area (Å²) in [6.07, 6.45) is -7.01. The largest absolute Gasteiger partial charge is 0.493 e. The van der Waals surface area contributed by atoms with Gasteiger partial charge in [-0.2, -0.15) is 4.98 Å². The van der Waals surface area contributed by atoms with E-state index < -0.39 is 115 Å². The fraction of sp³-hybridized carbons (Fsp3) is 0.526. The van der Waals surface area contributed by atoms with Gasteiger partial charge >= 0.3 is 0 Å². The first-order valence-electron chi connectivity index (χ1n) is 17.9. The van der Waals surface area contributed by atoms with Gasteiger partial charge in [0, 0.05) is 50.3 Å². The van der Waals surface area contributed by atoms with Crippen LogP contribution in [-0.2, 0) is 9.53 Å². The fourth-order valence-electron chi connectivity index (χ4n) is 2.16. The molecular weight excluding hydrogens is 362 g/mol. The number of hydrogen-bond donors (Lipinski definition) is 2. The molecule has 3 N–H and O–H groups in total. The van der Waals surface area contributed by atoms with E-state index in [4.69, 9.17) is 33.6 Å². The zero-order valence-electron chi connectivity index (χ0n) is 35.0. The Morgan fingerprint density at radius 2 is 2.43 bits per heavy atom. The minimum Gasteiger partial charge on any atom is -0.493 e. The Morgan fingerprint density at radius 3 is 3.14 bits per heavy atom. The van der Waals surface area contributed by atoms with E-state index in [1.54, 1.807) is 0 Å². The number of nitrogen functional groups attached to an aromatic ring is 1. The second kappa shape index (κ2) is 8.92. The summed E-state index contributed by atoms with van der Waals surface area (Å²) in [6.45, 7) is -12.4. The number of nitrogens with two attached hydrogens (primary N) is 1. The molecule has 1 atom stereocenters. The van der Waals surface area contributed by atoms with E-state index in [2.05, 4.69) is 19.4 Å². The van der Waals surface area contributed by atoms with Crippen molar-refractivity contribution < 1.29 is 47.9 Å². The lowest BCUT2D eigenvalue weighted by molar-refractivity contribution is -0.130. The van der Waals surface area contributed by atoms with E-state index >= 15 is 0 Å². The number of rotatable bonds is 9. The number of amides is 1. The number of nitrogens with zero attached hydrogens (tertiary/aromatic N) is 3. The number of carbonyl (C=O) groups is 1. The van der Waals surface area contributed by atoms with E-state index in [0.29, 0.717) is 0 Å². The van der Waals surface area contributed by atoms with Gasteiger partial charge in [0.2, 0.25) is 11.9 Å². The van der Waals surface area contributed by atoms with Gasteiger partial charge in [-0.25, -0.2) is 4.98 Å². The van der Waals surface area contributed by atoms with Crippen LogP contribution in [0, 0.1) is 0 Å². The highest BCUT2D eigenvalue weighted by molar-refractivity contribution is 5.91. The topological polar surface area (TPSA) is 112 Å². The molecule has 2 heterocycles. The lowest BCUT2D eigenvalue weighted by atomic mass is 10.2. The van der Waals surface area contributed by atoms with Gasteiger partial charge in [0.25, 0.3) is 0 Å². The number of carbonyl (C=O) groups excluding carboxylic acids is 1. The Hall–Kier alpha value is -2.81. The molecule has 1 amide bonds. The quantitative estimate of drug-likeness (QED) is 0.637. The van der Waals surface area contributed by atoms with Crippen LogP contribution in [0.25, 0.3) is 10.9 Å². The van der Waals surface area contributed by atoms with Gasteiger partial charge in [-0.3, -0.25) is 4.79 Å². The molecule has 1 fully saturated rings. The number of methoxy groups -OCH3 is 2. The summed E-state index contributed by atoms with van der Waals surface area (Å²) in [5.41, 5.74) is -1.48. The predicted octanol–water partition coefficient (Wildman–Crippen LogP) is 1.35. The lowest BCUT2D eigenvalue weighted by Crippen LogP contribution is -2.36. The van der Waals surface area contributed by atoms with Crippen molar-refractivity contribution in [1.82, 2.24) is 15.3 Å². The van der Waals surface area contributed by atoms with Crippen molar-refractivity contribution in [3.63, 3.8) is 0 Å². The van der Waals surface area contributed by atoms with Crippen molar-refractivity contribution in [3.8, 4) is 11.5 Å². The number of fused-ring (bicyclic) bond motifs is 1. The number of benzene rings is 1. The second-order valence-corrected chi connectivity index (χ2v) is 5.16. The maximum atomic E-state index is 12.9. The number of anilines is 2. The van der Waals surface area contributed by atoms with Gasteiger partial charge in [-0.1, -0.05) is 0 Å². The Kier molecular flexibility index (Phi) is 2.02. The summed E-state index contributed by atoms with van der Waals surface area (Å²) in [7, 11) is -6.84. The summed E-state index contributed by atoms with van der Waals surface area (Å²) in [4.78, 5) is 19.5. The van der Waals surface area contributed by atoms with E-state index in [1.807, 2.05) is 0 Å². The molecule has 152 valence electrons. The molecule has 2 aromatic rings. The van der Waals surface area contributed by atoms with Crippen molar-refractivity contribution in [2.45, 2.75) is 25.3 Å². The highest BCUT2D eigenvalue weighted by atomic mass is 16.5. The van der Waals surface area contributed by atoms with Crippen LogP contribution in [0.3, 0.4) is 0 Å². The average molecular weight is 411 g/mol. The van der Waals surface area contributed by atoms with Gasteiger partial charge in [-0.05, 0) is 25.3 Å². The third kappa shape index (κ3) is 4.36. The second-order valence-electron chi connectivity index (χ2n) is 5.16. The summed E-state index contributed by atoms with van der Waals surface area (Å²) in [6, 6.07) is -2.46. The molecular formula is C19H27N5O4. The van der Waals surface area contributed by atoms with Crippen molar-refractivity contribution in [2.24, 2.45) is 0 Å². The van der Waals surface area contributed by atoms with Crippen molar-refractivity contribution >= 4 is 28.6 Å². The molecule has 1 aliphatic heterocycles. The summed E-state index contributed by atoms with van der Waals surface area (Å²) in [5, 5.41) is -1.62. The van der Waals surface area contributed by atoms with Crippen LogP contribution in [-0.4, -0.2) is 62.6 Å². The zero-order valence-corrected chi connectivity index (χ0v) is 14.0. The highest BCUT2D eigenvalue weighted by Gasteiger charge is 2.22. The van der Waals surface area contributed by atoms with Gasteiger partial charge in [0.05, 0.1) is 31.9 Å². The normalized spacial score (nSPS) is 32.5. The van der Waals surface area contributed by atoms with Gasteiger partial charge in [0.1, 0.15) is 11.9 Å². The van der Waals surface area contributed by atoms with Gasteiger partial charge < -0.3 is 30.1 Å². The van der Waals surface area contributed by atoms with Crippen LogP contribution in [0.5, 0.6) is 11.5 Å². The van der Waals surface area contributed by atoms with Crippen LogP contribution in [0.4, 0.5) is 11.8 Å². The molecule has 9 nitrogen and oxygen atoms in total. The number of ether oxygens (including phenoxy) is 3. The van der Waals surface area contributed by atoms with Crippen molar-refractivity contribution in [1.29, 1.82) is 0 Å². The summed E-state index contributed by atoms with van der Waals surface area (Å²) < 4.78 is 182. The predicted molar refractivity (Wildman–Crippen MR) is 107 cm³/mol. The molecule has 0 spiro atoms. The molecule has 1 aromatic carbocycles. The minimum atomic E-state index is -4.27. The van der Waals surface area contributed by atoms with Gasteiger partial charge in [-0.15, -0.1) is 0 Å².